The summed E-state index contributed by atoms with van der Waals surface area (Å²) in [4.78, 5) is 26.5. The van der Waals surface area contributed by atoms with E-state index >= 15 is 0 Å². The zero-order valence-corrected chi connectivity index (χ0v) is 13.7. The molecule has 5 heteroatoms. The fourth-order valence-corrected chi connectivity index (χ4v) is 3.02. The fraction of sp³-hybridized carbons (Fsp3) is 0.263. The van der Waals surface area contributed by atoms with Gasteiger partial charge in [-0.15, -0.1) is 0 Å². The van der Waals surface area contributed by atoms with Gasteiger partial charge in [-0.25, -0.2) is 4.39 Å². The first-order chi connectivity index (χ1) is 11.4. The van der Waals surface area contributed by atoms with E-state index in [9.17, 15) is 14.0 Å². The van der Waals surface area contributed by atoms with Gasteiger partial charge >= 0.3 is 0 Å². The summed E-state index contributed by atoms with van der Waals surface area (Å²) in [5.74, 6) is -0.879. The molecule has 2 aromatic rings. The van der Waals surface area contributed by atoms with Crippen LogP contribution in [0.15, 0.2) is 42.5 Å². The molecule has 24 heavy (non-hydrogen) atoms. The molecule has 0 radical (unpaired) electrons. The van der Waals surface area contributed by atoms with Gasteiger partial charge in [0.2, 0.25) is 5.91 Å². The number of hydrogen-bond donors (Lipinski definition) is 1. The number of benzene rings is 2. The predicted octanol–water partition coefficient (Wildman–Crippen LogP) is 2.98. The zero-order valence-electron chi connectivity index (χ0n) is 13.7. The van der Waals surface area contributed by atoms with Crippen LogP contribution in [0.2, 0.25) is 0 Å². The van der Waals surface area contributed by atoms with E-state index in [4.69, 9.17) is 0 Å². The van der Waals surface area contributed by atoms with Crippen molar-refractivity contribution < 1.29 is 14.0 Å². The van der Waals surface area contributed by atoms with Crippen molar-refractivity contribution in [1.29, 1.82) is 0 Å². The van der Waals surface area contributed by atoms with Crippen molar-refractivity contribution in [3.8, 4) is 0 Å². The Morgan fingerprint density at radius 1 is 1.12 bits per heavy atom. The predicted molar refractivity (Wildman–Crippen MR) is 90.5 cm³/mol. The molecular weight excluding hydrogens is 307 g/mol. The second-order valence-electron chi connectivity index (χ2n) is 6.16. The van der Waals surface area contributed by atoms with Gasteiger partial charge in [-0.05, 0) is 67.8 Å². The number of amides is 2. The van der Waals surface area contributed by atoms with Gasteiger partial charge in [-0.2, -0.15) is 0 Å². The van der Waals surface area contributed by atoms with Gasteiger partial charge in [0.15, 0.2) is 0 Å². The van der Waals surface area contributed by atoms with Crippen molar-refractivity contribution in [2.75, 3.05) is 11.4 Å². The number of aryl methyl sites for hydroxylation is 2. The van der Waals surface area contributed by atoms with Crippen molar-refractivity contribution in [3.05, 3.63) is 65.0 Å². The Bertz CT molecular complexity index is 766. The first-order valence-electron chi connectivity index (χ1n) is 7.90. The van der Waals surface area contributed by atoms with Gasteiger partial charge < -0.3 is 10.2 Å². The minimum atomic E-state index is -0.552. The Morgan fingerprint density at radius 2 is 1.75 bits per heavy atom. The van der Waals surface area contributed by atoms with Crippen molar-refractivity contribution in [1.82, 2.24) is 5.32 Å². The van der Waals surface area contributed by atoms with Crippen LogP contribution in [-0.2, 0) is 4.79 Å². The minimum absolute atomic E-state index is 0.115. The number of rotatable bonds is 3. The summed E-state index contributed by atoms with van der Waals surface area (Å²) < 4.78 is 12.9. The van der Waals surface area contributed by atoms with Crippen molar-refractivity contribution in [2.24, 2.45) is 0 Å². The third-order valence-corrected chi connectivity index (χ3v) is 4.14. The van der Waals surface area contributed by atoms with Gasteiger partial charge in [0, 0.05) is 17.8 Å². The molecule has 1 heterocycles. The minimum Gasteiger partial charge on any atom is -0.340 e. The number of nitrogens with one attached hydrogen (secondary N) is 1. The smallest absolute Gasteiger partial charge is 0.251 e. The summed E-state index contributed by atoms with van der Waals surface area (Å²) in [5.41, 5.74) is 3.39. The summed E-state index contributed by atoms with van der Waals surface area (Å²) in [5, 5.41) is 2.74. The third kappa shape index (κ3) is 3.30. The Labute approximate surface area is 140 Å². The van der Waals surface area contributed by atoms with Crippen LogP contribution in [0.25, 0.3) is 0 Å². The summed E-state index contributed by atoms with van der Waals surface area (Å²) in [6, 6.07) is 10.7. The average Bonchev–Trinajstić information content (AvgIpc) is 2.88. The summed E-state index contributed by atoms with van der Waals surface area (Å²) in [6.45, 7) is 4.55. The van der Waals surface area contributed by atoms with Gasteiger partial charge in [0.1, 0.15) is 11.9 Å². The van der Waals surface area contributed by atoms with Crippen LogP contribution in [0.4, 0.5) is 10.1 Å². The van der Waals surface area contributed by atoms with Gasteiger partial charge in [0.05, 0.1) is 0 Å². The molecule has 0 unspecified atom stereocenters. The van der Waals surface area contributed by atoms with E-state index in [2.05, 4.69) is 11.4 Å². The molecule has 1 fully saturated rings. The standard InChI is InChI=1S/C19H19FN2O2/c1-12-9-13(2)11-16(10-12)22-8-7-17(19(22)24)21-18(23)14-3-5-15(20)6-4-14/h3-6,9-11,17H,7-8H2,1-2H3,(H,21,23)/t17-/m0/s1. The van der Waals surface area contributed by atoms with Crippen LogP contribution in [0, 0.1) is 19.7 Å². The molecule has 124 valence electrons. The maximum atomic E-state index is 12.9. The van der Waals surface area contributed by atoms with Crippen LogP contribution >= 0.6 is 0 Å². The van der Waals surface area contributed by atoms with E-state index < -0.39 is 11.9 Å². The lowest BCUT2D eigenvalue weighted by atomic mass is 10.1. The van der Waals surface area contributed by atoms with E-state index in [0.29, 0.717) is 18.5 Å². The quantitative estimate of drug-likeness (QED) is 0.943. The van der Waals surface area contributed by atoms with Crippen molar-refractivity contribution in [2.45, 2.75) is 26.3 Å². The van der Waals surface area contributed by atoms with E-state index in [1.54, 1.807) is 4.90 Å². The molecule has 2 amide bonds. The Hall–Kier alpha value is -2.69. The maximum Gasteiger partial charge on any atom is 0.251 e. The molecule has 1 aliphatic heterocycles. The zero-order chi connectivity index (χ0) is 17.3. The first kappa shape index (κ1) is 16.2. The molecular formula is C19H19FN2O2. The normalized spacial score (nSPS) is 17.2. The second kappa shape index (κ2) is 6.43. The van der Waals surface area contributed by atoms with Crippen LogP contribution in [0.5, 0.6) is 0 Å². The highest BCUT2D eigenvalue weighted by Gasteiger charge is 2.33. The summed E-state index contributed by atoms with van der Waals surface area (Å²) >= 11 is 0. The average molecular weight is 326 g/mol. The molecule has 0 aromatic heterocycles. The van der Waals surface area contributed by atoms with Crippen molar-refractivity contribution in [3.63, 3.8) is 0 Å². The van der Waals surface area contributed by atoms with Crippen molar-refractivity contribution >= 4 is 17.5 Å². The van der Waals surface area contributed by atoms with E-state index in [-0.39, 0.29) is 11.8 Å². The molecule has 1 atom stereocenters. The number of hydrogen-bond acceptors (Lipinski definition) is 2. The van der Waals surface area contributed by atoms with E-state index in [0.717, 1.165) is 16.8 Å². The molecule has 0 saturated carbocycles. The molecule has 0 spiro atoms. The largest absolute Gasteiger partial charge is 0.340 e. The number of anilines is 1. The lowest BCUT2D eigenvalue weighted by molar-refractivity contribution is -0.118. The van der Waals surface area contributed by atoms with Gasteiger partial charge in [-0.3, -0.25) is 9.59 Å². The molecule has 3 rings (SSSR count). The lowest BCUT2D eigenvalue weighted by Crippen LogP contribution is -2.41. The molecule has 1 aliphatic rings. The molecule has 4 nitrogen and oxygen atoms in total. The SMILES string of the molecule is Cc1cc(C)cc(N2CC[C@H](NC(=O)c3ccc(F)cc3)C2=O)c1. The highest BCUT2D eigenvalue weighted by molar-refractivity contribution is 6.04. The van der Waals surface area contributed by atoms with E-state index in [1.165, 1.54) is 24.3 Å². The first-order valence-corrected chi connectivity index (χ1v) is 7.90. The van der Waals surface area contributed by atoms with Gasteiger partial charge in [-0.1, -0.05) is 6.07 Å². The molecule has 1 N–H and O–H groups in total. The monoisotopic (exact) mass is 326 g/mol. The lowest BCUT2D eigenvalue weighted by Gasteiger charge is -2.18. The Kier molecular flexibility index (Phi) is 4.34. The Morgan fingerprint density at radius 3 is 2.38 bits per heavy atom. The van der Waals surface area contributed by atoms with Crippen LogP contribution < -0.4 is 10.2 Å². The van der Waals surface area contributed by atoms with Crippen LogP contribution in [0.3, 0.4) is 0 Å². The fourth-order valence-electron chi connectivity index (χ4n) is 3.02. The highest BCUT2D eigenvalue weighted by Crippen LogP contribution is 2.24. The summed E-state index contributed by atoms with van der Waals surface area (Å²) in [6.07, 6.45) is 0.554. The molecule has 0 aliphatic carbocycles. The molecule has 1 saturated heterocycles. The molecule has 2 aromatic carbocycles. The topological polar surface area (TPSA) is 49.4 Å². The van der Waals surface area contributed by atoms with E-state index in [1.807, 2.05) is 26.0 Å². The van der Waals surface area contributed by atoms with Crippen LogP contribution in [0.1, 0.15) is 27.9 Å². The van der Waals surface area contributed by atoms with Gasteiger partial charge in [0.25, 0.3) is 5.91 Å². The summed E-state index contributed by atoms with van der Waals surface area (Å²) in [7, 11) is 0. The molecule has 0 bridgehead atoms. The van der Waals surface area contributed by atoms with Crippen LogP contribution in [-0.4, -0.2) is 24.4 Å². The second-order valence-corrected chi connectivity index (χ2v) is 6.16. The number of nitrogens with zero attached hydrogens (tertiary/aromatic N) is 1. The Balaban J connectivity index is 1.72. The number of halogens is 1. The maximum absolute atomic E-state index is 12.9. The number of carbonyl (C=O) groups is 2. The third-order valence-electron chi connectivity index (χ3n) is 4.14. The highest BCUT2D eigenvalue weighted by atomic mass is 19.1. The number of carbonyl (C=O) groups excluding carboxylic acids is 2.